The minimum Gasteiger partial charge on any atom is -0.492 e. The van der Waals surface area contributed by atoms with Crippen molar-refractivity contribution in [1.82, 2.24) is 69.1 Å². The van der Waals surface area contributed by atoms with Gasteiger partial charge in [0.1, 0.15) is 31.0 Å². The molecule has 4 aliphatic heterocycles. The maximum absolute atomic E-state index is 14.3. The summed E-state index contributed by atoms with van der Waals surface area (Å²) in [5, 5.41) is 38.0. The van der Waals surface area contributed by atoms with Crippen molar-refractivity contribution in [2.24, 2.45) is 47.3 Å². The summed E-state index contributed by atoms with van der Waals surface area (Å²) in [6.07, 6.45) is 15.1. The standard InChI is InChI=1S/C109H181N13O24/c1-17-88-70(5)74(9)98(117-78(13)123)106(143-88)138-61-40-34-49-92(127)110-54-38-32-46-86(121-95(130)51-36-42-63-140-108-100(119-80(15)125)76(11)72(7)90(19-3)145-108)104(135)115-58-56-113-102(133)83-66-84(68-85(67-83)137-65-60-112-94(129)48-30-25-23-21-22-24-26-31-53-97(132)142-69-82-44-28-27-29-45-82)103(134)114-57-59-116-105(136)87(122-96(131)52-37-43-64-141-109-101(120-81(16)126)77(12)73(8)91(20-4)146-109)47-33-39-55-111-93(128)50-35-41-62-139-107-99(118-79(14)124)75(10)71(6)89(18-2)144-107/h27-29,44-45,66-68,70-77,86-91,98-101,106-109H,17-26,30-43,46-65,69H2,1-16H3,(H,110,127)(H,111,128)(H,112,129)(H,113,133)(H,114,134)(H,115,135)(H,116,136)(H,117,123)(H,118,124)(H,119,125)(H,120,126)(H,121,130)(H,122,131)/t70?,71?,72?,73?,74?,75?,76?,77?,86-,87-,88?,89?,90?,91?,98?,99?,100?,101?,106?,107?,108?,109?/m0/s1. The van der Waals surface area contributed by atoms with Crippen molar-refractivity contribution >= 4 is 82.8 Å². The topological polar surface area (TPSA) is 488 Å². The van der Waals surface area contributed by atoms with E-state index in [9.17, 15) is 67.1 Å². The number of nitrogens with one attached hydrogen (secondary N) is 13. The molecule has 0 bridgehead atoms. The Kier molecular flexibility index (Phi) is 60.4. The average molecular weight is 2060 g/mol. The van der Waals surface area contributed by atoms with Crippen molar-refractivity contribution in [3.63, 3.8) is 0 Å². The fraction of sp³-hybridized carbons (Fsp3) is 0.761. The summed E-state index contributed by atoms with van der Waals surface area (Å²) in [6, 6.07) is 10.5. The second-order valence-corrected chi connectivity index (χ2v) is 40.3. The minimum atomic E-state index is -1.01. The third kappa shape index (κ3) is 47.1. The van der Waals surface area contributed by atoms with Gasteiger partial charge in [0.15, 0.2) is 25.2 Å². The van der Waals surface area contributed by atoms with Crippen LogP contribution in [-0.2, 0) is 107 Å². The van der Waals surface area contributed by atoms with E-state index in [4.69, 9.17) is 47.4 Å². The van der Waals surface area contributed by atoms with Crippen LogP contribution in [0, 0.1) is 47.3 Å². The van der Waals surface area contributed by atoms with Gasteiger partial charge in [-0.1, -0.05) is 152 Å². The summed E-state index contributed by atoms with van der Waals surface area (Å²) in [7, 11) is 0. The Bertz CT molecular complexity index is 4040. The zero-order valence-corrected chi connectivity index (χ0v) is 90.4. The predicted octanol–water partition coefficient (Wildman–Crippen LogP) is 11.5. The highest BCUT2D eigenvalue weighted by Gasteiger charge is 2.46. The number of amides is 13. The number of benzene rings is 2. The van der Waals surface area contributed by atoms with Crippen LogP contribution >= 0.6 is 0 Å². The molecule has 2 aromatic carbocycles. The van der Waals surface area contributed by atoms with Crippen LogP contribution in [0.25, 0.3) is 0 Å². The number of carbonyl (C=O) groups is 14. The summed E-state index contributed by atoms with van der Waals surface area (Å²) in [4.78, 5) is 185. The Morgan fingerprint density at radius 3 is 0.938 bits per heavy atom. The molecule has 4 heterocycles. The van der Waals surface area contributed by atoms with Gasteiger partial charge in [-0.25, -0.2) is 0 Å². The van der Waals surface area contributed by atoms with Gasteiger partial charge in [-0.05, 0) is 200 Å². The van der Waals surface area contributed by atoms with Crippen molar-refractivity contribution in [3.05, 3.63) is 65.2 Å². The smallest absolute Gasteiger partial charge is 0.306 e. The van der Waals surface area contributed by atoms with Crippen LogP contribution in [-0.4, -0.2) is 247 Å². The van der Waals surface area contributed by atoms with Crippen LogP contribution in [0.15, 0.2) is 48.5 Å². The number of carbonyl (C=O) groups excluding carboxylic acids is 14. The third-order valence-electron chi connectivity index (χ3n) is 28.9. The first-order valence-corrected chi connectivity index (χ1v) is 54.7. The largest absolute Gasteiger partial charge is 0.492 e. The Morgan fingerprint density at radius 1 is 0.308 bits per heavy atom. The molecule has 6 rings (SSSR count). The molecule has 0 saturated carbocycles. The van der Waals surface area contributed by atoms with E-state index in [1.54, 1.807) is 0 Å². The molecule has 22 atom stereocenters. The monoisotopic (exact) mass is 2060 g/mol. The predicted molar refractivity (Wildman–Crippen MR) is 554 cm³/mol. The van der Waals surface area contributed by atoms with Crippen LogP contribution in [0.3, 0.4) is 0 Å². The highest BCUT2D eigenvalue weighted by atomic mass is 16.7. The molecule has 146 heavy (non-hydrogen) atoms. The second-order valence-electron chi connectivity index (χ2n) is 40.3. The molecule has 826 valence electrons. The lowest BCUT2D eigenvalue weighted by molar-refractivity contribution is -0.236. The zero-order chi connectivity index (χ0) is 107. The molecule has 4 fully saturated rings. The molecule has 4 aliphatic rings. The molecule has 37 heteroatoms. The second kappa shape index (κ2) is 70.5. The van der Waals surface area contributed by atoms with E-state index in [1.165, 1.54) is 45.9 Å². The van der Waals surface area contributed by atoms with Gasteiger partial charge < -0.3 is 116 Å². The lowest BCUT2D eigenvalue weighted by Crippen LogP contribution is -2.57. The molecule has 0 aromatic heterocycles. The molecule has 13 amide bonds. The van der Waals surface area contributed by atoms with Crippen molar-refractivity contribution in [2.75, 3.05) is 78.8 Å². The van der Waals surface area contributed by atoms with Crippen LogP contribution in [0.1, 0.15) is 343 Å². The summed E-state index contributed by atoms with van der Waals surface area (Å²) >= 11 is 0. The van der Waals surface area contributed by atoms with Gasteiger partial charge in [-0.2, -0.15) is 0 Å². The Hall–Kier alpha value is -9.50. The first-order chi connectivity index (χ1) is 70.1. The van der Waals surface area contributed by atoms with Gasteiger partial charge in [-0.3, -0.25) is 67.1 Å². The molecule has 37 nitrogen and oxygen atoms in total. The van der Waals surface area contributed by atoms with Crippen LogP contribution in [0.4, 0.5) is 0 Å². The van der Waals surface area contributed by atoms with Gasteiger partial charge in [0.2, 0.25) is 65.0 Å². The fourth-order valence-electron chi connectivity index (χ4n) is 19.3. The Balaban J connectivity index is 1.07. The third-order valence-corrected chi connectivity index (χ3v) is 28.9. The highest BCUT2D eigenvalue weighted by molar-refractivity contribution is 6.00. The number of esters is 1. The SMILES string of the molecule is CCC1OC(OCCCCC(=O)NCCCC[C@H](NC(=O)CCCCOC2OC(CC)C(C)C(C)C2NC(C)=O)C(=O)NCCNC(=O)c2cc(OCCNC(=O)CCCCCCCCCCC(=O)OCc3ccccc3)cc(C(=O)NCCNC(=O)[C@H](CCCCNC(=O)CCCCOC3OC(CC)C(C)C(C)C3NC(C)=O)NC(=O)CCCCOC3OC(CC)C(C)C(C)C3NC(C)=O)c2)C(NC(C)=O)C(C)C1C. The zero-order valence-electron chi connectivity index (χ0n) is 90.4. The normalized spacial score (nSPS) is 24.2. The number of ether oxygens (including phenoxy) is 10. The van der Waals surface area contributed by atoms with Crippen LogP contribution < -0.4 is 73.9 Å². The lowest BCUT2D eigenvalue weighted by Gasteiger charge is -2.44. The van der Waals surface area contributed by atoms with E-state index in [-0.39, 0.29) is 270 Å². The maximum Gasteiger partial charge on any atom is 0.306 e. The van der Waals surface area contributed by atoms with E-state index >= 15 is 0 Å². The number of hydrogen-bond donors (Lipinski definition) is 13. The summed E-state index contributed by atoms with van der Waals surface area (Å²) in [5.41, 5.74) is 0.963. The summed E-state index contributed by atoms with van der Waals surface area (Å²) in [6.45, 7) is 32.6. The first-order valence-electron chi connectivity index (χ1n) is 54.7. The van der Waals surface area contributed by atoms with Gasteiger partial charge in [0.05, 0.1) is 55.1 Å². The lowest BCUT2D eigenvalue weighted by atomic mass is 9.81. The molecule has 0 spiro atoms. The van der Waals surface area contributed by atoms with E-state index in [0.717, 1.165) is 76.2 Å². The molecule has 20 unspecified atom stereocenters. The molecular formula is C109H181N13O24. The van der Waals surface area contributed by atoms with Crippen molar-refractivity contribution in [2.45, 2.75) is 409 Å². The highest BCUT2D eigenvalue weighted by Crippen LogP contribution is 2.38. The molecule has 0 radical (unpaired) electrons. The van der Waals surface area contributed by atoms with Crippen LogP contribution in [0.5, 0.6) is 5.75 Å². The van der Waals surface area contributed by atoms with Crippen LogP contribution in [0.2, 0.25) is 0 Å². The molecule has 4 saturated heterocycles. The molecule has 2 aromatic rings. The Morgan fingerprint density at radius 2 is 0.610 bits per heavy atom. The summed E-state index contributed by atoms with van der Waals surface area (Å²) in [5.74, 6) is -3.18. The van der Waals surface area contributed by atoms with E-state index in [2.05, 4.69) is 138 Å². The summed E-state index contributed by atoms with van der Waals surface area (Å²) < 4.78 is 61.5. The quantitative estimate of drug-likeness (QED) is 0.0216. The average Bonchev–Trinajstić information content (AvgIpc) is 0.811. The minimum absolute atomic E-state index is 0.00628. The number of hydrogen-bond acceptors (Lipinski definition) is 24. The van der Waals surface area contributed by atoms with Crippen molar-refractivity contribution in [1.29, 1.82) is 0 Å². The molecule has 13 N–H and O–H groups in total. The van der Waals surface area contributed by atoms with E-state index in [0.29, 0.717) is 123 Å². The first kappa shape index (κ1) is 125. The van der Waals surface area contributed by atoms with Crippen molar-refractivity contribution in [3.8, 4) is 5.75 Å². The molecule has 0 aliphatic carbocycles. The fourth-order valence-corrected chi connectivity index (χ4v) is 19.3. The van der Waals surface area contributed by atoms with Gasteiger partial charge >= 0.3 is 5.97 Å². The number of unbranched alkanes of at least 4 members (excludes halogenated alkanes) is 13. The molecular weight excluding hydrogens is 1880 g/mol. The maximum atomic E-state index is 14.3. The van der Waals surface area contributed by atoms with E-state index < -0.39 is 60.9 Å². The van der Waals surface area contributed by atoms with E-state index in [1.807, 2.05) is 44.2 Å². The van der Waals surface area contributed by atoms with Gasteiger partial charge in [0.25, 0.3) is 11.8 Å². The Labute approximate surface area is 867 Å². The van der Waals surface area contributed by atoms with Crippen molar-refractivity contribution < 1.29 is 114 Å². The van der Waals surface area contributed by atoms with Gasteiger partial charge in [0, 0.05) is 143 Å². The van der Waals surface area contributed by atoms with Gasteiger partial charge in [-0.15, -0.1) is 0 Å². The number of rotatable bonds is 71.